The van der Waals surface area contributed by atoms with Crippen LogP contribution < -0.4 is 15.7 Å². The molecule has 1 aliphatic heterocycles. The van der Waals surface area contributed by atoms with Gasteiger partial charge in [0.1, 0.15) is 0 Å². The minimum absolute atomic E-state index is 0.821. The highest BCUT2D eigenvalue weighted by Crippen LogP contribution is 2.25. The van der Waals surface area contributed by atoms with Crippen molar-refractivity contribution in [3.63, 3.8) is 0 Å². The van der Waals surface area contributed by atoms with Crippen molar-refractivity contribution in [3.05, 3.63) is 94.1 Å². The fourth-order valence-corrected chi connectivity index (χ4v) is 3.09. The van der Waals surface area contributed by atoms with Crippen LogP contribution >= 0.6 is 22.6 Å². The topological polar surface area (TPSA) is 30.9 Å². The minimum Gasteiger partial charge on any atom is -0.259 e. The number of amidine groups is 1. The number of hydrogen-bond donors (Lipinski definition) is 1. The number of hydrazine groups is 2. The number of hydrogen-bond acceptors (Lipinski definition) is 4. The average molecular weight is 426 g/mol. The fraction of sp³-hybridized carbons (Fsp3) is 0. The summed E-state index contributed by atoms with van der Waals surface area (Å²) in [6, 6.07) is 28.5. The van der Waals surface area contributed by atoms with Gasteiger partial charge in [-0.25, -0.2) is 0 Å². The molecule has 4 nitrogen and oxygen atoms in total. The summed E-state index contributed by atoms with van der Waals surface area (Å²) in [7, 11) is 0. The van der Waals surface area contributed by atoms with Gasteiger partial charge in [0.15, 0.2) is 5.84 Å². The van der Waals surface area contributed by atoms with Crippen molar-refractivity contribution in [2.24, 2.45) is 5.10 Å². The monoisotopic (exact) mass is 426 g/mol. The summed E-state index contributed by atoms with van der Waals surface area (Å²) >= 11 is 2.32. The van der Waals surface area contributed by atoms with E-state index in [1.54, 1.807) is 0 Å². The van der Waals surface area contributed by atoms with Crippen LogP contribution in [0.15, 0.2) is 90.0 Å². The lowest BCUT2D eigenvalue weighted by Crippen LogP contribution is -2.44. The summed E-state index contributed by atoms with van der Waals surface area (Å²) in [4.78, 5) is 0. The third kappa shape index (κ3) is 2.94. The van der Waals surface area contributed by atoms with Crippen LogP contribution in [0.4, 0.5) is 11.4 Å². The van der Waals surface area contributed by atoms with Crippen LogP contribution in [0.5, 0.6) is 0 Å². The van der Waals surface area contributed by atoms with Crippen LogP contribution in [0, 0.1) is 3.57 Å². The standard InChI is InChI=1S/C19H15IN4/c20-16-9-7-8-15(14-16)19-21-23(17-10-3-1-4-11-17)24(22-19)18-12-5-2-6-13-18/h1-14H,(H,21,22). The van der Waals surface area contributed by atoms with Crippen molar-refractivity contribution in [1.29, 1.82) is 0 Å². The van der Waals surface area contributed by atoms with E-state index in [4.69, 9.17) is 5.10 Å². The van der Waals surface area contributed by atoms with Crippen LogP contribution in [0.25, 0.3) is 0 Å². The number of hydrazone groups is 1. The lowest BCUT2D eigenvalue weighted by molar-refractivity contribution is 0.771. The van der Waals surface area contributed by atoms with Crippen LogP contribution in [0.1, 0.15) is 5.56 Å². The van der Waals surface area contributed by atoms with Crippen LogP contribution in [0.2, 0.25) is 0 Å². The van der Waals surface area contributed by atoms with Crippen molar-refractivity contribution < 1.29 is 0 Å². The molecule has 5 heteroatoms. The highest BCUT2D eigenvalue weighted by Gasteiger charge is 2.26. The maximum Gasteiger partial charge on any atom is 0.176 e. The maximum absolute atomic E-state index is 4.79. The Hall–Kier alpha value is -2.54. The first-order valence-corrected chi connectivity index (χ1v) is 8.70. The lowest BCUT2D eigenvalue weighted by atomic mass is 10.2. The molecule has 118 valence electrons. The van der Waals surface area contributed by atoms with Crippen LogP contribution in [-0.4, -0.2) is 5.84 Å². The molecule has 1 N–H and O–H groups in total. The Morgan fingerprint density at radius 1 is 0.750 bits per heavy atom. The zero-order chi connectivity index (χ0) is 16.4. The van der Waals surface area contributed by atoms with Crippen molar-refractivity contribution in [2.45, 2.75) is 0 Å². The molecule has 0 unspecified atom stereocenters. The number of anilines is 2. The van der Waals surface area contributed by atoms with E-state index in [0.717, 1.165) is 22.8 Å². The molecule has 24 heavy (non-hydrogen) atoms. The normalized spacial score (nSPS) is 13.6. The molecule has 0 amide bonds. The zero-order valence-corrected chi connectivity index (χ0v) is 15.0. The van der Waals surface area contributed by atoms with Gasteiger partial charge < -0.3 is 0 Å². The molecule has 3 aromatic rings. The first-order valence-electron chi connectivity index (χ1n) is 7.63. The highest BCUT2D eigenvalue weighted by atomic mass is 127. The molecule has 3 aromatic carbocycles. The molecule has 1 heterocycles. The SMILES string of the molecule is Ic1cccc(C2=NN(c3ccccc3)N(c3ccccc3)N2)c1. The highest BCUT2D eigenvalue weighted by molar-refractivity contribution is 14.1. The largest absolute Gasteiger partial charge is 0.259 e. The van der Waals surface area contributed by atoms with Gasteiger partial charge in [0, 0.05) is 9.13 Å². The van der Waals surface area contributed by atoms with Gasteiger partial charge in [-0.3, -0.25) is 5.43 Å². The van der Waals surface area contributed by atoms with Gasteiger partial charge in [-0.1, -0.05) is 48.5 Å². The quantitative estimate of drug-likeness (QED) is 0.630. The summed E-state index contributed by atoms with van der Waals surface area (Å²) in [5.74, 6) is 0.821. The molecule has 1 aliphatic rings. The third-order valence-corrected chi connectivity index (χ3v) is 4.35. The van der Waals surface area contributed by atoms with Crippen molar-refractivity contribution >= 4 is 39.8 Å². The predicted molar refractivity (Wildman–Crippen MR) is 107 cm³/mol. The summed E-state index contributed by atoms with van der Waals surface area (Å²) in [5.41, 5.74) is 6.48. The van der Waals surface area contributed by atoms with Gasteiger partial charge in [-0.2, -0.15) is 10.2 Å². The van der Waals surface area contributed by atoms with Gasteiger partial charge in [-0.05, 0) is 59.0 Å². The Kier molecular flexibility index (Phi) is 4.08. The molecular formula is C19H15IN4. The Bertz CT molecular complexity index is 865. The molecule has 0 spiro atoms. The Morgan fingerprint density at radius 2 is 1.42 bits per heavy atom. The number of para-hydroxylation sites is 2. The molecule has 4 rings (SSSR count). The maximum atomic E-state index is 4.79. The summed E-state index contributed by atoms with van der Waals surface area (Å²) in [6.45, 7) is 0. The van der Waals surface area contributed by atoms with E-state index in [0.29, 0.717) is 0 Å². The van der Waals surface area contributed by atoms with Gasteiger partial charge in [0.05, 0.1) is 11.4 Å². The lowest BCUT2D eigenvalue weighted by Gasteiger charge is -2.27. The number of rotatable bonds is 3. The smallest absolute Gasteiger partial charge is 0.176 e. The molecule has 0 aromatic heterocycles. The number of nitrogens with one attached hydrogen (secondary N) is 1. The van der Waals surface area contributed by atoms with Gasteiger partial charge >= 0.3 is 0 Å². The van der Waals surface area contributed by atoms with E-state index in [1.807, 2.05) is 64.8 Å². The van der Waals surface area contributed by atoms with E-state index >= 15 is 0 Å². The summed E-state index contributed by atoms with van der Waals surface area (Å²) in [6.07, 6.45) is 0. The second-order valence-corrected chi connectivity index (χ2v) is 6.59. The van der Waals surface area contributed by atoms with Crippen LogP contribution in [0.3, 0.4) is 0 Å². The molecule has 0 saturated carbocycles. The Balaban J connectivity index is 1.76. The first kappa shape index (κ1) is 15.0. The third-order valence-electron chi connectivity index (χ3n) is 3.68. The van der Waals surface area contributed by atoms with E-state index in [1.165, 1.54) is 3.57 Å². The van der Waals surface area contributed by atoms with Gasteiger partial charge in [-0.15, -0.1) is 5.10 Å². The van der Waals surface area contributed by atoms with Gasteiger partial charge in [0.2, 0.25) is 0 Å². The Labute approximate surface area is 154 Å². The van der Waals surface area contributed by atoms with E-state index in [-0.39, 0.29) is 0 Å². The van der Waals surface area contributed by atoms with E-state index < -0.39 is 0 Å². The molecule has 0 bridgehead atoms. The van der Waals surface area contributed by atoms with Crippen molar-refractivity contribution in [1.82, 2.24) is 5.43 Å². The molecule has 0 saturated heterocycles. The second-order valence-electron chi connectivity index (χ2n) is 5.34. The molecule has 0 fully saturated rings. The summed E-state index contributed by atoms with van der Waals surface area (Å²) < 4.78 is 1.18. The average Bonchev–Trinajstić information content (AvgIpc) is 3.09. The van der Waals surface area contributed by atoms with Crippen LogP contribution in [-0.2, 0) is 0 Å². The predicted octanol–water partition coefficient (Wildman–Crippen LogP) is 4.40. The fourth-order valence-electron chi connectivity index (χ4n) is 2.55. The summed E-state index contributed by atoms with van der Waals surface area (Å²) in [5, 5.41) is 8.62. The molecular weight excluding hydrogens is 411 g/mol. The molecule has 0 radical (unpaired) electrons. The van der Waals surface area contributed by atoms with E-state index in [2.05, 4.69) is 58.3 Å². The van der Waals surface area contributed by atoms with Crippen molar-refractivity contribution in [3.8, 4) is 0 Å². The number of nitrogens with zero attached hydrogens (tertiary/aromatic N) is 3. The Morgan fingerprint density at radius 3 is 2.08 bits per heavy atom. The number of benzene rings is 3. The second kappa shape index (κ2) is 6.52. The molecule has 0 aliphatic carbocycles. The zero-order valence-electron chi connectivity index (χ0n) is 12.8. The molecule has 0 atom stereocenters. The number of halogens is 1. The van der Waals surface area contributed by atoms with Crippen molar-refractivity contribution in [2.75, 3.05) is 10.2 Å². The van der Waals surface area contributed by atoms with E-state index in [9.17, 15) is 0 Å². The van der Waals surface area contributed by atoms with Gasteiger partial charge in [0.25, 0.3) is 0 Å². The minimum atomic E-state index is 0.821. The first-order chi connectivity index (χ1) is 11.8.